The van der Waals surface area contributed by atoms with Gasteiger partial charge in [-0.3, -0.25) is 4.79 Å². The van der Waals surface area contributed by atoms with Crippen LogP contribution in [0.3, 0.4) is 0 Å². The van der Waals surface area contributed by atoms with Crippen molar-refractivity contribution in [2.45, 2.75) is 44.5 Å². The number of nitrogen functional groups attached to an aromatic ring is 1. The molecule has 2 aromatic heterocycles. The quantitative estimate of drug-likeness (QED) is 0.236. The third-order valence-corrected chi connectivity index (χ3v) is 8.76. The van der Waals surface area contributed by atoms with E-state index >= 15 is 0 Å². The Morgan fingerprint density at radius 3 is 2.44 bits per heavy atom. The normalized spacial score (nSPS) is 18.7. The number of nitrogens with one attached hydrogen (secondary N) is 1. The van der Waals surface area contributed by atoms with Crippen LogP contribution in [0.25, 0.3) is 16.8 Å². The first-order valence-electron chi connectivity index (χ1n) is 14.4. The number of aromatic nitrogens is 4. The molecule has 0 radical (unpaired) electrons. The molecule has 4 aromatic rings. The van der Waals surface area contributed by atoms with Crippen molar-refractivity contribution in [2.75, 3.05) is 30.3 Å². The molecule has 0 amide bonds. The van der Waals surface area contributed by atoms with Crippen LogP contribution in [0.5, 0.6) is 5.88 Å². The Kier molecular flexibility index (Phi) is 8.08. The van der Waals surface area contributed by atoms with E-state index in [2.05, 4.69) is 20.4 Å². The van der Waals surface area contributed by atoms with Crippen LogP contribution in [0.1, 0.15) is 36.6 Å². The number of aliphatic carboxylic acids is 1. The van der Waals surface area contributed by atoms with Gasteiger partial charge in [-0.25, -0.2) is 4.68 Å². The van der Waals surface area contributed by atoms with Crippen LogP contribution < -0.4 is 20.7 Å². The Hall–Kier alpha value is -4.36. The van der Waals surface area contributed by atoms with E-state index in [0.717, 1.165) is 0 Å². The van der Waals surface area contributed by atoms with Crippen molar-refractivity contribution in [2.24, 2.45) is 5.41 Å². The van der Waals surface area contributed by atoms with Crippen molar-refractivity contribution in [3.63, 3.8) is 0 Å². The summed E-state index contributed by atoms with van der Waals surface area (Å²) in [5, 5.41) is 17.3. The molecule has 14 heteroatoms. The molecule has 2 saturated heterocycles. The first-order chi connectivity index (χ1) is 21.4. The van der Waals surface area contributed by atoms with Crippen LogP contribution in [0, 0.1) is 12.3 Å². The van der Waals surface area contributed by atoms with E-state index in [1.165, 1.54) is 16.8 Å². The third-order valence-electron chi connectivity index (χ3n) is 8.51. The highest BCUT2D eigenvalue weighted by atomic mass is 35.5. The number of alkyl halides is 3. The van der Waals surface area contributed by atoms with E-state index in [1.54, 1.807) is 55.6 Å². The lowest BCUT2D eigenvalue weighted by molar-refractivity contribution is -0.198. The monoisotopic (exact) mass is 641 g/mol. The second-order valence-electron chi connectivity index (χ2n) is 11.6. The number of nitrogens with two attached hydrogens (primary N) is 1. The van der Waals surface area contributed by atoms with Gasteiger partial charge in [0.25, 0.3) is 0 Å². The number of ether oxygens (including phenoxy) is 1. The molecule has 236 valence electrons. The second-order valence-corrected chi connectivity index (χ2v) is 12.0. The Bertz CT molecular complexity index is 1710. The molecule has 0 aliphatic carbocycles. The van der Waals surface area contributed by atoms with Gasteiger partial charge in [-0.05, 0) is 73.1 Å². The molecule has 2 fully saturated rings. The SMILES string of the molecule is Cc1ccn(-c2ccc(-c3ccc(Cl)cc3)cc2C(Oc2cc(N3CCC4(CC3)CN[C@H](C(=O)O)C4)nc(N)n2)C(F)(F)F)n1. The largest absolute Gasteiger partial charge is 0.480 e. The van der Waals surface area contributed by atoms with Crippen molar-refractivity contribution in [1.29, 1.82) is 0 Å². The molecule has 2 aliphatic rings. The second kappa shape index (κ2) is 11.9. The highest BCUT2D eigenvalue weighted by Gasteiger charge is 2.46. The number of carboxylic acid groups (broad SMARTS) is 1. The van der Waals surface area contributed by atoms with Crippen LogP contribution in [-0.4, -0.2) is 62.7 Å². The fourth-order valence-electron chi connectivity index (χ4n) is 6.11. The summed E-state index contributed by atoms with van der Waals surface area (Å²) >= 11 is 6.04. The Labute approximate surface area is 262 Å². The summed E-state index contributed by atoms with van der Waals surface area (Å²) in [6, 6.07) is 14.0. The van der Waals surface area contributed by atoms with Crippen LogP contribution in [0.4, 0.5) is 24.9 Å². The molecule has 4 N–H and O–H groups in total. The molecule has 4 heterocycles. The topological polar surface area (TPSA) is 131 Å². The molecular weight excluding hydrogens is 611 g/mol. The Balaban J connectivity index is 1.32. The minimum absolute atomic E-state index is 0.158. The van der Waals surface area contributed by atoms with E-state index in [9.17, 15) is 23.1 Å². The first kappa shape index (κ1) is 30.7. The number of carbonyl (C=O) groups is 1. The predicted octanol–water partition coefficient (Wildman–Crippen LogP) is 5.59. The maximum absolute atomic E-state index is 14.9. The minimum atomic E-state index is -4.84. The summed E-state index contributed by atoms with van der Waals surface area (Å²) in [6.07, 6.45) is -3.77. The maximum atomic E-state index is 14.9. The number of aryl methyl sites for hydroxylation is 1. The number of hydrogen-bond donors (Lipinski definition) is 3. The molecule has 10 nitrogen and oxygen atoms in total. The van der Waals surface area contributed by atoms with Crippen molar-refractivity contribution in [3.8, 4) is 22.7 Å². The zero-order chi connectivity index (χ0) is 31.9. The highest BCUT2D eigenvalue weighted by Crippen LogP contribution is 2.43. The van der Waals surface area contributed by atoms with Gasteiger partial charge in [0.05, 0.1) is 11.4 Å². The lowest BCUT2D eigenvalue weighted by Crippen LogP contribution is -2.41. The smallest absolute Gasteiger partial charge is 0.429 e. The van der Waals surface area contributed by atoms with Gasteiger partial charge in [0.2, 0.25) is 17.9 Å². The molecular formula is C31H31ClF3N7O3. The number of benzene rings is 2. The summed E-state index contributed by atoms with van der Waals surface area (Å²) in [7, 11) is 0. The van der Waals surface area contributed by atoms with Crippen LogP contribution in [0.15, 0.2) is 60.8 Å². The highest BCUT2D eigenvalue weighted by molar-refractivity contribution is 6.30. The van der Waals surface area contributed by atoms with Gasteiger partial charge in [-0.1, -0.05) is 29.8 Å². The van der Waals surface area contributed by atoms with Gasteiger partial charge < -0.3 is 25.8 Å². The zero-order valence-corrected chi connectivity index (χ0v) is 25.0. The van der Waals surface area contributed by atoms with Crippen molar-refractivity contribution < 1.29 is 27.8 Å². The molecule has 1 unspecified atom stereocenters. The molecule has 45 heavy (non-hydrogen) atoms. The van der Waals surface area contributed by atoms with Crippen molar-refractivity contribution in [3.05, 3.63) is 77.1 Å². The number of hydrogen-bond acceptors (Lipinski definition) is 8. The van der Waals surface area contributed by atoms with Gasteiger partial charge in [-0.15, -0.1) is 0 Å². The van der Waals surface area contributed by atoms with Gasteiger partial charge in [0.15, 0.2) is 0 Å². The predicted molar refractivity (Wildman–Crippen MR) is 163 cm³/mol. The Morgan fingerprint density at radius 1 is 1.11 bits per heavy atom. The fraction of sp³-hybridized carbons (Fsp3) is 0.355. The van der Waals surface area contributed by atoms with E-state index < -0.39 is 24.3 Å². The van der Waals surface area contributed by atoms with Gasteiger partial charge >= 0.3 is 12.1 Å². The summed E-state index contributed by atoms with van der Waals surface area (Å²) in [6.45, 7) is 3.40. The van der Waals surface area contributed by atoms with Gasteiger partial charge in [0, 0.05) is 42.5 Å². The van der Waals surface area contributed by atoms with Crippen LogP contribution >= 0.6 is 11.6 Å². The molecule has 0 bridgehead atoms. The lowest BCUT2D eigenvalue weighted by Gasteiger charge is -2.39. The lowest BCUT2D eigenvalue weighted by atomic mass is 9.76. The molecule has 2 atom stereocenters. The van der Waals surface area contributed by atoms with Crippen LogP contribution in [-0.2, 0) is 4.79 Å². The van der Waals surface area contributed by atoms with E-state index in [0.29, 0.717) is 66.6 Å². The molecule has 2 aliphatic heterocycles. The number of anilines is 2. The summed E-state index contributed by atoms with van der Waals surface area (Å²) in [5.74, 6) is -1.08. The van der Waals surface area contributed by atoms with E-state index in [1.807, 2.05) is 4.90 Å². The van der Waals surface area contributed by atoms with Gasteiger partial charge in [-0.2, -0.15) is 28.2 Å². The van der Waals surface area contributed by atoms with Crippen molar-refractivity contribution in [1.82, 2.24) is 25.1 Å². The average molecular weight is 642 g/mol. The molecule has 1 spiro atoms. The number of carboxylic acids is 1. The molecule has 6 rings (SSSR count). The number of rotatable bonds is 7. The number of piperidine rings is 1. The Morgan fingerprint density at radius 2 is 1.82 bits per heavy atom. The van der Waals surface area contributed by atoms with Crippen LogP contribution in [0.2, 0.25) is 5.02 Å². The van der Waals surface area contributed by atoms with E-state index in [-0.39, 0.29) is 28.5 Å². The standard InChI is InChI=1S/C31H31ClF3N7O3/c1-18-8-11-42(40-18)24-7-4-20(19-2-5-21(32)6-3-19)14-22(24)27(31(33,34)35)45-26-15-25(38-29(36)39-26)41-12-9-30(10-13-41)16-23(28(43)44)37-17-30/h2-8,11,14-15,23,27,37H,9-10,12-13,16-17H2,1H3,(H,43,44)(H2,36,38,39)/t23-,27?/m0/s1. The van der Waals surface area contributed by atoms with Crippen molar-refractivity contribution >= 4 is 29.3 Å². The fourth-order valence-corrected chi connectivity index (χ4v) is 6.23. The summed E-state index contributed by atoms with van der Waals surface area (Å²) < 4.78 is 51.7. The maximum Gasteiger partial charge on any atom is 0.429 e. The number of halogens is 4. The molecule has 0 saturated carbocycles. The molecule has 2 aromatic carbocycles. The van der Waals surface area contributed by atoms with Gasteiger partial charge in [0.1, 0.15) is 11.9 Å². The average Bonchev–Trinajstić information content (AvgIpc) is 3.62. The number of nitrogens with zero attached hydrogens (tertiary/aromatic N) is 5. The summed E-state index contributed by atoms with van der Waals surface area (Å²) in [5.41, 5.74) is 7.69. The third kappa shape index (κ3) is 6.54. The first-order valence-corrected chi connectivity index (χ1v) is 14.8. The summed E-state index contributed by atoms with van der Waals surface area (Å²) in [4.78, 5) is 21.6. The minimum Gasteiger partial charge on any atom is -0.480 e. The van der Waals surface area contributed by atoms with E-state index in [4.69, 9.17) is 22.1 Å². The zero-order valence-electron chi connectivity index (χ0n) is 24.3.